The van der Waals surface area contributed by atoms with Gasteiger partial charge in [-0.3, -0.25) is 0 Å². The third kappa shape index (κ3) is 2.60. The quantitative estimate of drug-likeness (QED) is 0.875. The van der Waals surface area contributed by atoms with Crippen LogP contribution in [-0.2, 0) is 10.3 Å². The molecule has 0 saturated heterocycles. The second kappa shape index (κ2) is 5.04. The topological polar surface area (TPSA) is 60.2 Å². The number of hydrogen-bond donors (Lipinski definition) is 1. The first-order chi connectivity index (χ1) is 8.16. The van der Waals surface area contributed by atoms with Gasteiger partial charge in [-0.1, -0.05) is 24.4 Å². The van der Waals surface area contributed by atoms with E-state index in [1.165, 1.54) is 6.42 Å². The average Bonchev–Trinajstić information content (AvgIpc) is 2.78. The molecule has 1 aliphatic carbocycles. The van der Waals surface area contributed by atoms with Crippen molar-refractivity contribution in [1.29, 1.82) is 0 Å². The van der Waals surface area contributed by atoms with Crippen LogP contribution in [0.5, 0.6) is 0 Å². The van der Waals surface area contributed by atoms with Gasteiger partial charge in [0.2, 0.25) is 5.82 Å². The Hall–Kier alpha value is -1.10. The third-order valence-corrected chi connectivity index (χ3v) is 3.30. The van der Waals surface area contributed by atoms with E-state index in [9.17, 15) is 0 Å². The molecule has 2 rings (SSSR count). The summed E-state index contributed by atoms with van der Waals surface area (Å²) < 4.78 is 10.9. The van der Waals surface area contributed by atoms with Gasteiger partial charge in [-0.25, -0.2) is 0 Å². The minimum atomic E-state index is -0.335. The zero-order valence-corrected chi connectivity index (χ0v) is 10.8. The van der Waals surface area contributed by atoms with E-state index < -0.39 is 0 Å². The first kappa shape index (κ1) is 12.4. The van der Waals surface area contributed by atoms with Gasteiger partial charge in [-0.15, -0.1) is 0 Å². The zero-order valence-electron chi connectivity index (χ0n) is 10.8. The van der Waals surface area contributed by atoms with Crippen molar-refractivity contribution in [2.45, 2.75) is 57.6 Å². The first-order valence-electron chi connectivity index (χ1n) is 6.32. The van der Waals surface area contributed by atoms with Crippen LogP contribution >= 0.6 is 0 Å². The molecular formula is C12H21N3O2. The number of methoxy groups -OCH3 is 1. The van der Waals surface area contributed by atoms with Crippen molar-refractivity contribution < 1.29 is 9.26 Å². The second-order valence-corrected chi connectivity index (χ2v) is 4.98. The predicted octanol–water partition coefficient (Wildman–Crippen LogP) is 2.70. The summed E-state index contributed by atoms with van der Waals surface area (Å²) in [5.74, 6) is 0.683. The number of aromatic nitrogens is 2. The largest absolute Gasteiger partial charge is 0.370 e. The van der Waals surface area contributed by atoms with Gasteiger partial charge in [0.05, 0.1) is 0 Å². The SMILES string of the molecule is COC1(c2noc(NC(C)C)n2)CCCCC1. The molecule has 96 valence electrons. The average molecular weight is 239 g/mol. The Morgan fingerprint density at radius 3 is 2.59 bits per heavy atom. The highest BCUT2D eigenvalue weighted by Gasteiger charge is 2.38. The highest BCUT2D eigenvalue weighted by molar-refractivity contribution is 5.21. The van der Waals surface area contributed by atoms with E-state index in [2.05, 4.69) is 15.5 Å². The van der Waals surface area contributed by atoms with Gasteiger partial charge >= 0.3 is 6.01 Å². The van der Waals surface area contributed by atoms with Crippen LogP contribution in [0, 0.1) is 0 Å². The molecule has 0 aliphatic heterocycles. The number of hydrogen-bond acceptors (Lipinski definition) is 5. The molecular weight excluding hydrogens is 218 g/mol. The molecule has 0 radical (unpaired) electrons. The van der Waals surface area contributed by atoms with Gasteiger partial charge in [0, 0.05) is 13.2 Å². The fraction of sp³-hybridized carbons (Fsp3) is 0.833. The molecule has 1 N–H and O–H groups in total. The van der Waals surface area contributed by atoms with E-state index in [0.29, 0.717) is 11.8 Å². The molecule has 0 amide bonds. The first-order valence-corrected chi connectivity index (χ1v) is 6.32. The Bertz CT molecular complexity index is 356. The maximum atomic E-state index is 5.67. The maximum absolute atomic E-state index is 5.67. The Labute approximate surface area is 102 Å². The van der Waals surface area contributed by atoms with Crippen LogP contribution in [0.3, 0.4) is 0 Å². The summed E-state index contributed by atoms with van der Waals surface area (Å²) in [6.45, 7) is 4.08. The van der Waals surface area contributed by atoms with Crippen molar-refractivity contribution in [3.05, 3.63) is 5.82 Å². The minimum Gasteiger partial charge on any atom is -0.370 e. The van der Waals surface area contributed by atoms with Crippen LogP contribution < -0.4 is 5.32 Å². The lowest BCUT2D eigenvalue weighted by molar-refractivity contribution is -0.0527. The van der Waals surface area contributed by atoms with Gasteiger partial charge in [-0.2, -0.15) is 4.98 Å². The summed E-state index contributed by atoms with van der Waals surface area (Å²) in [4.78, 5) is 4.40. The van der Waals surface area contributed by atoms with Crippen molar-refractivity contribution in [2.24, 2.45) is 0 Å². The fourth-order valence-corrected chi connectivity index (χ4v) is 2.36. The van der Waals surface area contributed by atoms with Crippen LogP contribution in [0.1, 0.15) is 51.8 Å². The van der Waals surface area contributed by atoms with E-state index in [1.54, 1.807) is 7.11 Å². The predicted molar refractivity (Wildman–Crippen MR) is 64.8 cm³/mol. The van der Waals surface area contributed by atoms with Gasteiger partial charge in [-0.05, 0) is 26.7 Å². The van der Waals surface area contributed by atoms with Crippen molar-refractivity contribution in [2.75, 3.05) is 12.4 Å². The summed E-state index contributed by atoms with van der Waals surface area (Å²) in [7, 11) is 1.73. The molecule has 0 unspecified atom stereocenters. The number of nitrogens with zero attached hydrogens (tertiary/aromatic N) is 2. The third-order valence-electron chi connectivity index (χ3n) is 3.30. The number of rotatable bonds is 4. The molecule has 17 heavy (non-hydrogen) atoms. The van der Waals surface area contributed by atoms with E-state index in [-0.39, 0.29) is 11.6 Å². The lowest BCUT2D eigenvalue weighted by Gasteiger charge is -2.32. The maximum Gasteiger partial charge on any atom is 0.321 e. The second-order valence-electron chi connectivity index (χ2n) is 4.98. The van der Waals surface area contributed by atoms with Crippen molar-refractivity contribution >= 4 is 6.01 Å². The zero-order chi connectivity index (χ0) is 12.3. The van der Waals surface area contributed by atoms with Gasteiger partial charge < -0.3 is 14.6 Å². The molecule has 1 aromatic heterocycles. The normalized spacial score (nSPS) is 19.5. The molecule has 1 fully saturated rings. The summed E-state index contributed by atoms with van der Waals surface area (Å²) >= 11 is 0. The van der Waals surface area contributed by atoms with E-state index in [1.807, 2.05) is 13.8 Å². The van der Waals surface area contributed by atoms with Crippen LogP contribution in [-0.4, -0.2) is 23.3 Å². The van der Waals surface area contributed by atoms with E-state index >= 15 is 0 Å². The highest BCUT2D eigenvalue weighted by atomic mass is 16.5. The molecule has 1 aliphatic rings. The van der Waals surface area contributed by atoms with E-state index in [4.69, 9.17) is 9.26 Å². The van der Waals surface area contributed by atoms with Crippen LogP contribution in [0.15, 0.2) is 4.52 Å². The monoisotopic (exact) mass is 239 g/mol. The van der Waals surface area contributed by atoms with Crippen molar-refractivity contribution in [3.8, 4) is 0 Å². The standard InChI is InChI=1S/C12H21N3O2/c1-9(2)13-11-14-10(15-17-11)12(16-3)7-5-4-6-8-12/h9H,4-8H2,1-3H3,(H,13,14,15). The molecule has 1 saturated carbocycles. The Balaban J connectivity index is 2.16. The molecule has 5 heteroatoms. The number of anilines is 1. The molecule has 0 aromatic carbocycles. The van der Waals surface area contributed by atoms with Crippen molar-refractivity contribution in [3.63, 3.8) is 0 Å². The molecule has 0 spiro atoms. The molecule has 1 aromatic rings. The number of nitrogens with one attached hydrogen (secondary N) is 1. The molecule has 1 heterocycles. The van der Waals surface area contributed by atoms with Gasteiger partial charge in [0.15, 0.2) is 0 Å². The molecule has 0 atom stereocenters. The smallest absolute Gasteiger partial charge is 0.321 e. The van der Waals surface area contributed by atoms with Crippen LogP contribution in [0.2, 0.25) is 0 Å². The lowest BCUT2D eigenvalue weighted by Crippen LogP contribution is -2.32. The number of ether oxygens (including phenoxy) is 1. The van der Waals surface area contributed by atoms with Crippen LogP contribution in [0.25, 0.3) is 0 Å². The summed E-state index contributed by atoms with van der Waals surface area (Å²) in [5.41, 5.74) is -0.335. The minimum absolute atomic E-state index is 0.285. The lowest BCUT2D eigenvalue weighted by atomic mass is 9.84. The highest BCUT2D eigenvalue weighted by Crippen LogP contribution is 2.38. The summed E-state index contributed by atoms with van der Waals surface area (Å²) in [6, 6.07) is 0.769. The van der Waals surface area contributed by atoms with Crippen LogP contribution in [0.4, 0.5) is 6.01 Å². The summed E-state index contributed by atoms with van der Waals surface area (Å²) in [6.07, 6.45) is 5.54. The van der Waals surface area contributed by atoms with Gasteiger partial charge in [0.25, 0.3) is 0 Å². The van der Waals surface area contributed by atoms with E-state index in [0.717, 1.165) is 25.7 Å². The Morgan fingerprint density at radius 1 is 1.29 bits per heavy atom. The van der Waals surface area contributed by atoms with Gasteiger partial charge in [0.1, 0.15) is 5.60 Å². The Morgan fingerprint density at radius 2 is 2.00 bits per heavy atom. The Kier molecular flexibility index (Phi) is 3.66. The fourth-order valence-electron chi connectivity index (χ4n) is 2.36. The molecule has 5 nitrogen and oxygen atoms in total. The van der Waals surface area contributed by atoms with Crippen molar-refractivity contribution in [1.82, 2.24) is 10.1 Å². The summed E-state index contributed by atoms with van der Waals surface area (Å²) in [5, 5.41) is 7.17. The molecule has 0 bridgehead atoms.